The van der Waals surface area contributed by atoms with Crippen molar-refractivity contribution < 1.29 is 18.0 Å². The van der Waals surface area contributed by atoms with Crippen LogP contribution in [0.5, 0.6) is 0 Å². The average Bonchev–Trinajstić information content (AvgIpc) is 2.65. The van der Waals surface area contributed by atoms with Crippen LogP contribution in [0.2, 0.25) is 0 Å². The van der Waals surface area contributed by atoms with E-state index in [0.29, 0.717) is 11.2 Å². The lowest BCUT2D eigenvalue weighted by Gasteiger charge is -2.12. The number of fused-ring (bicyclic) bond motifs is 1. The Morgan fingerprint density at radius 3 is 2.33 bits per heavy atom. The molecule has 0 aliphatic carbocycles. The van der Waals surface area contributed by atoms with Crippen molar-refractivity contribution in [3.8, 4) is 0 Å². The maximum Gasteiger partial charge on any atom is 0.416 e. The summed E-state index contributed by atoms with van der Waals surface area (Å²) in [6.45, 7) is 0. The van der Waals surface area contributed by atoms with Crippen molar-refractivity contribution in [3.05, 3.63) is 71.9 Å². The molecule has 0 aliphatic rings. The highest BCUT2D eigenvalue weighted by molar-refractivity contribution is 7.80. The van der Waals surface area contributed by atoms with Gasteiger partial charge in [-0.25, -0.2) is 4.98 Å². The number of carbonyl (C=O) groups is 1. The fourth-order valence-electron chi connectivity index (χ4n) is 2.27. The molecule has 0 aliphatic heterocycles. The molecular formula is C18H13F3N4OS. The second-order valence-corrected chi connectivity index (χ2v) is 5.91. The van der Waals surface area contributed by atoms with E-state index in [1.54, 1.807) is 18.2 Å². The van der Waals surface area contributed by atoms with E-state index in [2.05, 4.69) is 21.2 Å². The number of aromatic nitrogens is 1. The Morgan fingerprint density at radius 2 is 1.63 bits per heavy atom. The van der Waals surface area contributed by atoms with Gasteiger partial charge in [-0.05, 0) is 48.6 Å². The van der Waals surface area contributed by atoms with E-state index >= 15 is 0 Å². The highest BCUT2D eigenvalue weighted by Crippen LogP contribution is 2.29. The molecule has 0 unspecified atom stereocenters. The molecule has 2 aromatic carbocycles. The van der Waals surface area contributed by atoms with Gasteiger partial charge in [0.25, 0.3) is 5.91 Å². The molecule has 9 heteroatoms. The Labute approximate surface area is 157 Å². The van der Waals surface area contributed by atoms with Crippen molar-refractivity contribution in [1.82, 2.24) is 15.8 Å². The molecule has 3 N–H and O–H groups in total. The molecule has 3 aromatic rings. The van der Waals surface area contributed by atoms with Crippen molar-refractivity contribution in [2.24, 2.45) is 0 Å². The predicted octanol–water partition coefficient (Wildman–Crippen LogP) is 3.89. The smallest absolute Gasteiger partial charge is 0.331 e. The number of hydrogen-bond acceptors (Lipinski definition) is 3. The first kappa shape index (κ1) is 18.6. The van der Waals surface area contributed by atoms with E-state index in [1.165, 1.54) is 12.1 Å². The Hall–Kier alpha value is -3.20. The van der Waals surface area contributed by atoms with Crippen molar-refractivity contribution in [3.63, 3.8) is 0 Å². The summed E-state index contributed by atoms with van der Waals surface area (Å²) in [4.78, 5) is 16.4. The molecule has 3 rings (SSSR count). The minimum Gasteiger partial charge on any atom is -0.331 e. The molecule has 0 atom stereocenters. The second-order valence-electron chi connectivity index (χ2n) is 5.50. The summed E-state index contributed by atoms with van der Waals surface area (Å²) in [5.41, 5.74) is 5.32. The topological polar surface area (TPSA) is 66.1 Å². The number of para-hydroxylation sites is 1. The molecule has 0 spiro atoms. The van der Waals surface area contributed by atoms with Gasteiger partial charge in [-0.2, -0.15) is 13.2 Å². The number of halogens is 3. The third kappa shape index (κ3) is 4.70. The van der Waals surface area contributed by atoms with Crippen LogP contribution in [-0.4, -0.2) is 16.0 Å². The van der Waals surface area contributed by atoms with Gasteiger partial charge in [0.15, 0.2) is 5.11 Å². The molecule has 1 amide bonds. The van der Waals surface area contributed by atoms with Gasteiger partial charge in [0, 0.05) is 11.1 Å². The first-order chi connectivity index (χ1) is 12.8. The lowest BCUT2D eigenvalue weighted by Crippen LogP contribution is -2.44. The monoisotopic (exact) mass is 390 g/mol. The third-order valence-electron chi connectivity index (χ3n) is 3.59. The minimum atomic E-state index is -4.40. The van der Waals surface area contributed by atoms with Crippen LogP contribution in [0, 0.1) is 0 Å². The molecule has 0 saturated carbocycles. The largest absolute Gasteiger partial charge is 0.416 e. The van der Waals surface area contributed by atoms with Crippen LogP contribution in [-0.2, 0) is 6.18 Å². The highest BCUT2D eigenvalue weighted by atomic mass is 32.1. The summed E-state index contributed by atoms with van der Waals surface area (Å²) >= 11 is 5.01. The van der Waals surface area contributed by atoms with Crippen LogP contribution in [0.1, 0.15) is 16.1 Å². The van der Waals surface area contributed by atoms with Crippen LogP contribution in [0.25, 0.3) is 10.9 Å². The molecular weight excluding hydrogens is 377 g/mol. The molecule has 138 valence electrons. The SMILES string of the molecule is O=C(NNC(=S)Nc1ccc(C(F)(F)F)cc1)c1ccc2ccccc2n1. The van der Waals surface area contributed by atoms with E-state index in [9.17, 15) is 18.0 Å². The van der Waals surface area contributed by atoms with Gasteiger partial charge in [0.2, 0.25) is 0 Å². The number of hydrogen-bond donors (Lipinski definition) is 3. The average molecular weight is 390 g/mol. The molecule has 5 nitrogen and oxygen atoms in total. The summed E-state index contributed by atoms with van der Waals surface area (Å²) in [6.07, 6.45) is -4.40. The summed E-state index contributed by atoms with van der Waals surface area (Å²) < 4.78 is 37.6. The second kappa shape index (κ2) is 7.58. The van der Waals surface area contributed by atoms with E-state index in [4.69, 9.17) is 12.2 Å². The number of nitrogens with one attached hydrogen (secondary N) is 3. The van der Waals surface area contributed by atoms with Crippen LogP contribution < -0.4 is 16.2 Å². The summed E-state index contributed by atoms with van der Waals surface area (Å²) in [6, 6.07) is 15.1. The first-order valence-corrected chi connectivity index (χ1v) is 8.14. The van der Waals surface area contributed by atoms with Crippen LogP contribution >= 0.6 is 12.2 Å². The number of nitrogens with zero attached hydrogens (tertiary/aromatic N) is 1. The summed E-state index contributed by atoms with van der Waals surface area (Å²) in [5.74, 6) is -0.502. The predicted molar refractivity (Wildman–Crippen MR) is 100 cm³/mol. The zero-order valence-corrected chi connectivity index (χ0v) is 14.5. The lowest BCUT2D eigenvalue weighted by molar-refractivity contribution is -0.137. The number of pyridine rings is 1. The summed E-state index contributed by atoms with van der Waals surface area (Å²) in [7, 11) is 0. The molecule has 1 aromatic heterocycles. The van der Waals surface area contributed by atoms with Crippen molar-refractivity contribution >= 4 is 39.8 Å². The van der Waals surface area contributed by atoms with Crippen molar-refractivity contribution in [2.75, 3.05) is 5.32 Å². The quantitative estimate of drug-likeness (QED) is 0.458. The molecule has 0 fully saturated rings. The number of amides is 1. The number of anilines is 1. The van der Waals surface area contributed by atoms with Gasteiger partial charge in [-0.1, -0.05) is 24.3 Å². The Balaban J connectivity index is 1.57. The number of rotatable bonds is 2. The zero-order chi connectivity index (χ0) is 19.4. The minimum absolute atomic E-state index is 0.0175. The Kier molecular flexibility index (Phi) is 5.22. The van der Waals surface area contributed by atoms with E-state index in [1.807, 2.05) is 18.2 Å². The van der Waals surface area contributed by atoms with E-state index < -0.39 is 17.6 Å². The fourth-order valence-corrected chi connectivity index (χ4v) is 2.44. The Morgan fingerprint density at radius 1 is 0.926 bits per heavy atom. The van der Waals surface area contributed by atoms with Gasteiger partial charge < -0.3 is 5.32 Å². The molecule has 0 bridgehead atoms. The van der Waals surface area contributed by atoms with Gasteiger partial charge >= 0.3 is 6.18 Å². The Bertz CT molecular complexity index is 990. The first-order valence-electron chi connectivity index (χ1n) is 7.73. The molecule has 0 saturated heterocycles. The third-order valence-corrected chi connectivity index (χ3v) is 3.79. The molecule has 0 radical (unpaired) electrons. The zero-order valence-electron chi connectivity index (χ0n) is 13.7. The van der Waals surface area contributed by atoms with Gasteiger partial charge in [0.05, 0.1) is 11.1 Å². The number of alkyl halides is 3. The summed E-state index contributed by atoms with van der Waals surface area (Å²) in [5, 5.41) is 3.60. The van der Waals surface area contributed by atoms with Crippen LogP contribution in [0.15, 0.2) is 60.7 Å². The van der Waals surface area contributed by atoms with Crippen molar-refractivity contribution in [2.45, 2.75) is 6.18 Å². The van der Waals surface area contributed by atoms with Gasteiger partial charge in [-0.3, -0.25) is 15.6 Å². The normalized spacial score (nSPS) is 11.1. The lowest BCUT2D eigenvalue weighted by atomic mass is 10.2. The molecule has 27 heavy (non-hydrogen) atoms. The molecule has 1 heterocycles. The van der Waals surface area contributed by atoms with Crippen molar-refractivity contribution in [1.29, 1.82) is 0 Å². The van der Waals surface area contributed by atoms with Crippen LogP contribution in [0.4, 0.5) is 18.9 Å². The number of carbonyl (C=O) groups excluding carboxylic acids is 1. The van der Waals surface area contributed by atoms with Gasteiger partial charge in [0.1, 0.15) is 5.69 Å². The van der Waals surface area contributed by atoms with E-state index in [-0.39, 0.29) is 10.8 Å². The highest BCUT2D eigenvalue weighted by Gasteiger charge is 2.29. The number of hydrazine groups is 1. The maximum absolute atomic E-state index is 12.5. The number of benzene rings is 2. The maximum atomic E-state index is 12.5. The van der Waals surface area contributed by atoms with Gasteiger partial charge in [-0.15, -0.1) is 0 Å². The fraction of sp³-hybridized carbons (Fsp3) is 0.0556. The number of thiocarbonyl (C=S) groups is 1. The standard InChI is InChI=1S/C18H13F3N4OS/c19-18(20,21)12-6-8-13(9-7-12)22-17(27)25-24-16(26)15-10-5-11-3-1-2-4-14(11)23-15/h1-10H,(H,24,26)(H2,22,25,27). The van der Waals surface area contributed by atoms with Crippen LogP contribution in [0.3, 0.4) is 0 Å². The van der Waals surface area contributed by atoms with E-state index in [0.717, 1.165) is 17.5 Å².